The molecule has 2 nitrogen and oxygen atoms in total. The summed E-state index contributed by atoms with van der Waals surface area (Å²) < 4.78 is 28.2. The smallest absolute Gasteiger partial charge is 0.255 e. The molecular formula is C13H6Br3F2NO. The highest BCUT2D eigenvalue weighted by atomic mass is 79.9. The van der Waals surface area contributed by atoms with Gasteiger partial charge in [0.2, 0.25) is 0 Å². The first-order valence-electron chi connectivity index (χ1n) is 5.29. The lowest BCUT2D eigenvalue weighted by Crippen LogP contribution is -2.13. The minimum absolute atomic E-state index is 0.0737. The summed E-state index contributed by atoms with van der Waals surface area (Å²) >= 11 is 9.46. The molecule has 1 N–H and O–H groups in total. The number of amides is 1. The first-order valence-corrected chi connectivity index (χ1v) is 7.66. The van der Waals surface area contributed by atoms with Crippen molar-refractivity contribution in [3.8, 4) is 0 Å². The predicted molar refractivity (Wildman–Crippen MR) is 83.9 cm³/mol. The molecule has 2 rings (SSSR count). The average Bonchev–Trinajstić information content (AvgIpc) is 2.34. The number of nitrogens with one attached hydrogen (secondary N) is 1. The van der Waals surface area contributed by atoms with E-state index in [9.17, 15) is 13.6 Å². The fraction of sp³-hybridized carbons (Fsp3) is 0. The van der Waals surface area contributed by atoms with Crippen molar-refractivity contribution in [2.75, 3.05) is 5.32 Å². The third-order valence-electron chi connectivity index (χ3n) is 2.38. The van der Waals surface area contributed by atoms with Gasteiger partial charge in [0, 0.05) is 20.6 Å². The van der Waals surface area contributed by atoms with E-state index in [1.165, 1.54) is 6.07 Å². The summed E-state index contributed by atoms with van der Waals surface area (Å²) in [4.78, 5) is 12.0. The first kappa shape index (κ1) is 15.6. The van der Waals surface area contributed by atoms with Gasteiger partial charge in [-0.05, 0) is 40.2 Å². The maximum absolute atomic E-state index is 13.6. The van der Waals surface area contributed by atoms with Crippen LogP contribution in [-0.4, -0.2) is 5.91 Å². The van der Waals surface area contributed by atoms with Crippen LogP contribution in [0.2, 0.25) is 0 Å². The van der Waals surface area contributed by atoms with Gasteiger partial charge in [-0.3, -0.25) is 4.79 Å². The van der Waals surface area contributed by atoms with Crippen LogP contribution < -0.4 is 5.32 Å². The van der Waals surface area contributed by atoms with Crippen LogP contribution in [0.15, 0.2) is 43.7 Å². The topological polar surface area (TPSA) is 29.1 Å². The Morgan fingerprint density at radius 2 is 1.50 bits per heavy atom. The van der Waals surface area contributed by atoms with Gasteiger partial charge in [-0.2, -0.15) is 0 Å². The Hall–Kier alpha value is -0.790. The molecule has 104 valence electrons. The van der Waals surface area contributed by atoms with Gasteiger partial charge in [-0.15, -0.1) is 0 Å². The lowest BCUT2D eigenvalue weighted by atomic mass is 10.2. The molecule has 0 unspecified atom stereocenters. The van der Waals surface area contributed by atoms with Crippen LogP contribution in [0.25, 0.3) is 0 Å². The lowest BCUT2D eigenvalue weighted by molar-refractivity contribution is 0.102. The quantitative estimate of drug-likeness (QED) is 0.578. The van der Waals surface area contributed by atoms with Gasteiger partial charge in [-0.1, -0.05) is 31.9 Å². The van der Waals surface area contributed by atoms with E-state index in [0.717, 1.165) is 0 Å². The van der Waals surface area contributed by atoms with Crippen molar-refractivity contribution in [3.63, 3.8) is 0 Å². The van der Waals surface area contributed by atoms with Crippen molar-refractivity contribution in [2.24, 2.45) is 0 Å². The number of benzene rings is 2. The molecule has 2 aromatic carbocycles. The van der Waals surface area contributed by atoms with Gasteiger partial charge >= 0.3 is 0 Å². The molecule has 1 amide bonds. The van der Waals surface area contributed by atoms with E-state index in [-0.39, 0.29) is 10.2 Å². The van der Waals surface area contributed by atoms with Crippen LogP contribution in [0.1, 0.15) is 10.4 Å². The van der Waals surface area contributed by atoms with Crippen molar-refractivity contribution >= 4 is 59.4 Å². The predicted octanol–water partition coefficient (Wildman–Crippen LogP) is 5.50. The second kappa shape index (κ2) is 6.32. The molecule has 0 fully saturated rings. The summed E-state index contributed by atoms with van der Waals surface area (Å²) in [6.45, 7) is 0. The van der Waals surface area contributed by atoms with E-state index in [1.54, 1.807) is 18.2 Å². The highest BCUT2D eigenvalue weighted by molar-refractivity contribution is 9.11. The van der Waals surface area contributed by atoms with Crippen LogP contribution in [-0.2, 0) is 0 Å². The van der Waals surface area contributed by atoms with Crippen LogP contribution in [0.3, 0.4) is 0 Å². The van der Waals surface area contributed by atoms with Gasteiger partial charge in [0.25, 0.3) is 5.91 Å². The monoisotopic (exact) mass is 467 g/mol. The largest absolute Gasteiger partial charge is 0.319 e. The van der Waals surface area contributed by atoms with Crippen molar-refractivity contribution in [1.82, 2.24) is 0 Å². The first-order chi connectivity index (χ1) is 9.36. The molecule has 0 heterocycles. The number of hydrogen-bond acceptors (Lipinski definition) is 1. The molecule has 0 aliphatic heterocycles. The van der Waals surface area contributed by atoms with Crippen molar-refractivity contribution in [2.45, 2.75) is 0 Å². The van der Waals surface area contributed by atoms with E-state index in [2.05, 4.69) is 53.1 Å². The Bertz CT molecular complexity index is 671. The molecule has 0 aromatic heterocycles. The number of halogens is 5. The van der Waals surface area contributed by atoms with Crippen LogP contribution in [0.5, 0.6) is 0 Å². The number of rotatable bonds is 2. The highest BCUT2D eigenvalue weighted by Crippen LogP contribution is 2.25. The summed E-state index contributed by atoms with van der Waals surface area (Å²) in [5, 5.41) is 2.40. The molecule has 7 heteroatoms. The second-order valence-corrected chi connectivity index (χ2v) is 6.54. The van der Waals surface area contributed by atoms with E-state index in [1.807, 2.05) is 0 Å². The van der Waals surface area contributed by atoms with E-state index in [4.69, 9.17) is 0 Å². The van der Waals surface area contributed by atoms with Crippen molar-refractivity contribution in [1.29, 1.82) is 0 Å². The zero-order valence-electron chi connectivity index (χ0n) is 9.68. The van der Waals surface area contributed by atoms with Crippen LogP contribution >= 0.6 is 47.8 Å². The Labute approximate surface area is 138 Å². The van der Waals surface area contributed by atoms with Crippen molar-refractivity contribution < 1.29 is 13.6 Å². The second-order valence-electron chi connectivity index (χ2n) is 3.86. The van der Waals surface area contributed by atoms with Gasteiger partial charge in [0.15, 0.2) is 0 Å². The third-order valence-corrected chi connectivity index (χ3v) is 3.91. The molecule has 0 saturated heterocycles. The molecular weight excluding hydrogens is 464 g/mol. The molecule has 0 radical (unpaired) electrons. The normalized spacial score (nSPS) is 10.4. The maximum Gasteiger partial charge on any atom is 0.255 e. The van der Waals surface area contributed by atoms with Crippen LogP contribution in [0.4, 0.5) is 14.5 Å². The van der Waals surface area contributed by atoms with Gasteiger partial charge in [-0.25, -0.2) is 8.78 Å². The Morgan fingerprint density at radius 3 is 2.10 bits per heavy atom. The van der Waals surface area contributed by atoms with Crippen LogP contribution in [0, 0.1) is 11.6 Å². The molecule has 0 spiro atoms. The summed E-state index contributed by atoms with van der Waals surface area (Å²) in [6.07, 6.45) is 0. The van der Waals surface area contributed by atoms with Gasteiger partial charge in [0.1, 0.15) is 11.6 Å². The summed E-state index contributed by atoms with van der Waals surface area (Å²) in [7, 11) is 0. The molecule has 0 aliphatic carbocycles. The Kier molecular flexibility index (Phi) is 4.93. The summed E-state index contributed by atoms with van der Waals surface area (Å²) in [5.41, 5.74) is 0.241. The average molecular weight is 470 g/mol. The van der Waals surface area contributed by atoms with Gasteiger partial charge in [0.05, 0.1) is 10.2 Å². The van der Waals surface area contributed by atoms with Gasteiger partial charge < -0.3 is 5.32 Å². The number of hydrogen-bond donors (Lipinski definition) is 1. The Balaban J connectivity index is 2.30. The minimum Gasteiger partial charge on any atom is -0.319 e. The molecule has 0 saturated carbocycles. The number of carbonyl (C=O) groups excluding carboxylic acids is 1. The summed E-state index contributed by atoms with van der Waals surface area (Å²) in [6, 6.07) is 6.84. The molecule has 2 aromatic rings. The van der Waals surface area contributed by atoms with E-state index >= 15 is 0 Å². The molecule has 0 bridgehead atoms. The van der Waals surface area contributed by atoms with E-state index < -0.39 is 17.5 Å². The summed E-state index contributed by atoms with van der Waals surface area (Å²) in [5.74, 6) is -2.07. The fourth-order valence-electron chi connectivity index (χ4n) is 1.50. The standard InChI is InChI=1S/C13H6Br3F2NO/c14-7-1-6(2-8(15)3-7)13(20)19-12-4-9(16)10(17)5-11(12)18/h1-5H,(H,19,20). The third kappa shape index (κ3) is 3.65. The SMILES string of the molecule is O=C(Nc1cc(Br)c(F)cc1F)c1cc(Br)cc(Br)c1. The zero-order chi connectivity index (χ0) is 14.9. The lowest BCUT2D eigenvalue weighted by Gasteiger charge is -2.08. The van der Waals surface area contributed by atoms with E-state index in [0.29, 0.717) is 20.6 Å². The molecule has 0 atom stereocenters. The number of carbonyl (C=O) groups is 1. The Morgan fingerprint density at radius 1 is 0.900 bits per heavy atom. The molecule has 20 heavy (non-hydrogen) atoms. The highest BCUT2D eigenvalue weighted by Gasteiger charge is 2.13. The van der Waals surface area contributed by atoms with Crippen molar-refractivity contribution in [3.05, 3.63) is 60.9 Å². The number of anilines is 1. The fourth-order valence-corrected chi connectivity index (χ4v) is 3.13. The molecule has 0 aliphatic rings. The maximum atomic E-state index is 13.6. The minimum atomic E-state index is -0.840. The zero-order valence-corrected chi connectivity index (χ0v) is 14.4.